The Kier molecular flexibility index (Phi) is 6.45. The molecule has 0 saturated carbocycles. The van der Waals surface area contributed by atoms with Crippen molar-refractivity contribution < 1.29 is 13.7 Å². The van der Waals surface area contributed by atoms with Crippen molar-refractivity contribution in [2.45, 2.75) is 22.3 Å². The predicted octanol–water partition coefficient (Wildman–Crippen LogP) is 5.58. The first-order chi connectivity index (χ1) is 15.7. The highest BCUT2D eigenvalue weighted by Gasteiger charge is 2.24. The first-order valence-corrected chi connectivity index (χ1v) is 13.5. The topological polar surface area (TPSA) is 60.5 Å². The van der Waals surface area contributed by atoms with E-state index in [0.29, 0.717) is 29.6 Å². The molecule has 2 heterocycles. The average molecular weight is 483 g/mol. The van der Waals surface area contributed by atoms with Crippen molar-refractivity contribution in [3.63, 3.8) is 0 Å². The summed E-state index contributed by atoms with van der Waals surface area (Å²) in [5, 5.41) is 0.885. The molecule has 2 atom stereocenters. The molecule has 0 spiro atoms. The number of benzene rings is 3. The number of nitrogens with zero attached hydrogens (tertiary/aromatic N) is 1. The summed E-state index contributed by atoms with van der Waals surface area (Å²) in [6, 6.07) is 21.4. The van der Waals surface area contributed by atoms with E-state index in [0.717, 1.165) is 32.1 Å². The van der Waals surface area contributed by atoms with Gasteiger partial charge in [0.15, 0.2) is 11.5 Å². The second kappa shape index (κ2) is 9.62. The van der Waals surface area contributed by atoms with Crippen LogP contribution in [0.25, 0.3) is 10.2 Å². The van der Waals surface area contributed by atoms with Crippen LogP contribution in [0.3, 0.4) is 0 Å². The number of thioether (sulfide) groups is 1. The van der Waals surface area contributed by atoms with E-state index in [1.165, 1.54) is 0 Å². The van der Waals surface area contributed by atoms with Gasteiger partial charge in [0.1, 0.15) is 16.0 Å². The molecule has 32 heavy (non-hydrogen) atoms. The van der Waals surface area contributed by atoms with Gasteiger partial charge in [-0.2, -0.15) is 0 Å². The van der Waals surface area contributed by atoms with Gasteiger partial charge in [0, 0.05) is 17.4 Å². The van der Waals surface area contributed by atoms with Gasteiger partial charge in [-0.15, -0.1) is 23.1 Å². The number of rotatable bonds is 6. The minimum atomic E-state index is -1.48. The van der Waals surface area contributed by atoms with Crippen LogP contribution in [0.15, 0.2) is 76.5 Å². The molecule has 2 unspecified atom stereocenters. The van der Waals surface area contributed by atoms with Gasteiger partial charge in [-0.1, -0.05) is 30.3 Å². The van der Waals surface area contributed by atoms with Crippen LogP contribution in [-0.4, -0.2) is 28.7 Å². The molecule has 5 rings (SSSR count). The second-order valence-corrected chi connectivity index (χ2v) is 10.4. The van der Waals surface area contributed by atoms with Crippen molar-refractivity contribution in [1.82, 2.24) is 9.71 Å². The minimum absolute atomic E-state index is 0.312. The lowest BCUT2D eigenvalue weighted by Crippen LogP contribution is -2.25. The standard InChI is InChI=1S/C24H22N2O3S3/c1-30-21-9-4-2-7-17(21)23(24-25-18-8-3-5-10-22(18)31-24)26-32(27)16-11-12-19-20(15-16)29-14-6-13-28-19/h2-5,7-12,15,23,26H,6,13-14H2,1H3. The summed E-state index contributed by atoms with van der Waals surface area (Å²) in [5.74, 6) is 1.33. The van der Waals surface area contributed by atoms with Gasteiger partial charge in [0.2, 0.25) is 0 Å². The molecule has 8 heteroatoms. The summed E-state index contributed by atoms with van der Waals surface area (Å²) in [5.41, 5.74) is 2.00. The summed E-state index contributed by atoms with van der Waals surface area (Å²) < 4.78 is 29.4. The number of thiazole rings is 1. The third kappa shape index (κ3) is 4.41. The first kappa shape index (κ1) is 21.5. The van der Waals surface area contributed by atoms with Crippen molar-refractivity contribution in [2.24, 2.45) is 0 Å². The van der Waals surface area contributed by atoms with Gasteiger partial charge >= 0.3 is 0 Å². The summed E-state index contributed by atoms with van der Waals surface area (Å²) in [7, 11) is -1.48. The van der Waals surface area contributed by atoms with Crippen LogP contribution in [0.5, 0.6) is 11.5 Å². The molecule has 0 bridgehead atoms. The molecule has 0 fully saturated rings. The largest absolute Gasteiger partial charge is 0.490 e. The summed E-state index contributed by atoms with van der Waals surface area (Å²) in [6.45, 7) is 1.21. The van der Waals surface area contributed by atoms with Crippen molar-refractivity contribution in [1.29, 1.82) is 0 Å². The van der Waals surface area contributed by atoms with Crippen molar-refractivity contribution >= 4 is 44.3 Å². The Labute approximate surface area is 197 Å². The molecule has 0 radical (unpaired) electrons. The summed E-state index contributed by atoms with van der Waals surface area (Å²) in [4.78, 5) is 6.63. The molecule has 4 aromatic rings. The zero-order valence-electron chi connectivity index (χ0n) is 17.4. The Morgan fingerprint density at radius 3 is 2.66 bits per heavy atom. The number of hydrogen-bond donors (Lipinski definition) is 1. The summed E-state index contributed by atoms with van der Waals surface area (Å²) >= 11 is 3.29. The Balaban J connectivity index is 1.52. The Morgan fingerprint density at radius 1 is 1.03 bits per heavy atom. The van der Waals surface area contributed by atoms with Crippen LogP contribution in [-0.2, 0) is 11.0 Å². The maximum atomic E-state index is 13.5. The highest BCUT2D eigenvalue weighted by molar-refractivity contribution is 7.98. The van der Waals surface area contributed by atoms with Crippen molar-refractivity contribution in [3.05, 3.63) is 77.3 Å². The maximum absolute atomic E-state index is 13.5. The molecule has 0 aliphatic carbocycles. The smallest absolute Gasteiger partial charge is 0.162 e. The van der Waals surface area contributed by atoms with Crippen LogP contribution in [0.1, 0.15) is 23.0 Å². The number of fused-ring (bicyclic) bond motifs is 2. The number of ether oxygens (including phenoxy) is 2. The molecule has 1 aliphatic heterocycles. The molecular weight excluding hydrogens is 460 g/mol. The number of nitrogens with one attached hydrogen (secondary N) is 1. The summed E-state index contributed by atoms with van der Waals surface area (Å²) in [6.07, 6.45) is 2.88. The fourth-order valence-corrected chi connectivity index (χ4v) is 6.34. The van der Waals surface area contributed by atoms with Gasteiger partial charge in [0.25, 0.3) is 0 Å². The molecule has 164 valence electrons. The number of para-hydroxylation sites is 1. The maximum Gasteiger partial charge on any atom is 0.162 e. The third-order valence-electron chi connectivity index (χ3n) is 5.17. The van der Waals surface area contributed by atoms with Crippen LogP contribution < -0.4 is 14.2 Å². The molecule has 1 aliphatic rings. The highest BCUT2D eigenvalue weighted by atomic mass is 32.2. The molecule has 5 nitrogen and oxygen atoms in total. The fraction of sp³-hybridized carbons (Fsp3) is 0.208. The van der Waals surface area contributed by atoms with Crippen LogP contribution in [0.2, 0.25) is 0 Å². The van der Waals surface area contributed by atoms with Gasteiger partial charge in [-0.3, -0.25) is 0 Å². The lowest BCUT2D eigenvalue weighted by atomic mass is 10.1. The van der Waals surface area contributed by atoms with E-state index < -0.39 is 11.0 Å². The number of aromatic nitrogens is 1. The van der Waals surface area contributed by atoms with E-state index in [1.807, 2.05) is 42.5 Å². The minimum Gasteiger partial charge on any atom is -0.490 e. The normalized spacial score (nSPS) is 15.3. The van der Waals surface area contributed by atoms with Crippen molar-refractivity contribution in [3.8, 4) is 11.5 Å². The average Bonchev–Trinajstić information content (AvgIpc) is 3.12. The fourth-order valence-electron chi connectivity index (χ4n) is 3.60. The van der Waals surface area contributed by atoms with Crippen LogP contribution in [0, 0.1) is 0 Å². The zero-order chi connectivity index (χ0) is 21.9. The van der Waals surface area contributed by atoms with E-state index in [2.05, 4.69) is 29.2 Å². The third-order valence-corrected chi connectivity index (χ3v) is 8.21. The Hall–Kier alpha value is -2.39. The lowest BCUT2D eigenvalue weighted by Gasteiger charge is -2.19. The molecule has 1 aromatic heterocycles. The van der Waals surface area contributed by atoms with Gasteiger partial charge in [-0.25, -0.2) is 13.9 Å². The van der Waals surface area contributed by atoms with E-state index in [4.69, 9.17) is 14.5 Å². The second-order valence-electron chi connectivity index (χ2n) is 7.24. The van der Waals surface area contributed by atoms with E-state index in [-0.39, 0.29) is 6.04 Å². The molecule has 1 N–H and O–H groups in total. The zero-order valence-corrected chi connectivity index (χ0v) is 19.9. The number of hydrogen-bond acceptors (Lipinski definition) is 6. The molecule has 0 saturated heterocycles. The molecule has 3 aromatic carbocycles. The van der Waals surface area contributed by atoms with E-state index in [9.17, 15) is 4.21 Å². The predicted molar refractivity (Wildman–Crippen MR) is 131 cm³/mol. The van der Waals surface area contributed by atoms with Gasteiger partial charge in [-0.05, 0) is 42.2 Å². The van der Waals surface area contributed by atoms with E-state index in [1.54, 1.807) is 29.2 Å². The van der Waals surface area contributed by atoms with Gasteiger partial charge < -0.3 is 9.47 Å². The van der Waals surface area contributed by atoms with E-state index >= 15 is 0 Å². The van der Waals surface area contributed by atoms with Gasteiger partial charge in [0.05, 0.1) is 34.4 Å². The monoisotopic (exact) mass is 482 g/mol. The molecule has 0 amide bonds. The molecular formula is C24H22N2O3S3. The highest BCUT2D eigenvalue weighted by Crippen LogP contribution is 2.36. The SMILES string of the molecule is CSc1ccccc1C(NS(=O)c1ccc2c(c1)OCCCO2)c1nc2ccccc2s1. The lowest BCUT2D eigenvalue weighted by molar-refractivity contribution is 0.297. The Morgan fingerprint density at radius 2 is 1.81 bits per heavy atom. The van der Waals surface area contributed by atoms with Crippen LogP contribution >= 0.6 is 23.1 Å². The van der Waals surface area contributed by atoms with Crippen LogP contribution in [0.4, 0.5) is 0 Å². The Bertz CT molecular complexity index is 1240. The van der Waals surface area contributed by atoms with Crippen molar-refractivity contribution in [2.75, 3.05) is 19.5 Å². The first-order valence-electron chi connectivity index (χ1n) is 10.3. The quantitative estimate of drug-likeness (QED) is 0.364.